The van der Waals surface area contributed by atoms with Crippen LogP contribution < -0.4 is 10.6 Å². The highest BCUT2D eigenvalue weighted by atomic mass is 16.2. The Morgan fingerprint density at radius 2 is 1.00 bits per heavy atom. The SMILES string of the molecule is CCCCCCCCCCCCCCNC(=O)CCCC(=O)NCCN(C(C)C)C(C)C. The summed E-state index contributed by atoms with van der Waals surface area (Å²) >= 11 is 0. The lowest BCUT2D eigenvalue weighted by Gasteiger charge is -2.30. The predicted molar refractivity (Wildman–Crippen MR) is 138 cm³/mol. The van der Waals surface area contributed by atoms with Crippen molar-refractivity contribution in [3.05, 3.63) is 0 Å². The van der Waals surface area contributed by atoms with Gasteiger partial charge in [0.05, 0.1) is 0 Å². The maximum atomic E-state index is 12.0. The van der Waals surface area contributed by atoms with Crippen LogP contribution in [0, 0.1) is 0 Å². The van der Waals surface area contributed by atoms with E-state index in [9.17, 15) is 9.59 Å². The lowest BCUT2D eigenvalue weighted by Crippen LogP contribution is -2.42. The van der Waals surface area contributed by atoms with Crippen molar-refractivity contribution in [3.63, 3.8) is 0 Å². The summed E-state index contributed by atoms with van der Waals surface area (Å²) in [5.74, 6) is 0.123. The molecule has 0 bridgehead atoms. The van der Waals surface area contributed by atoms with Crippen molar-refractivity contribution in [2.24, 2.45) is 0 Å². The molecule has 5 heteroatoms. The summed E-state index contributed by atoms with van der Waals surface area (Å²) in [6, 6.07) is 0.946. The molecule has 0 aromatic carbocycles. The van der Waals surface area contributed by atoms with Gasteiger partial charge in [-0.3, -0.25) is 14.5 Å². The van der Waals surface area contributed by atoms with Crippen LogP contribution in [0.2, 0.25) is 0 Å². The van der Waals surface area contributed by atoms with E-state index in [0.29, 0.717) is 37.9 Å². The fourth-order valence-electron chi connectivity index (χ4n) is 4.22. The third kappa shape index (κ3) is 19.6. The van der Waals surface area contributed by atoms with E-state index in [2.05, 4.69) is 50.2 Å². The summed E-state index contributed by atoms with van der Waals surface area (Å²) in [6.07, 6.45) is 17.4. The monoisotopic (exact) mass is 453 g/mol. The molecule has 0 fully saturated rings. The number of nitrogens with zero attached hydrogens (tertiary/aromatic N) is 1. The molecular formula is C27H55N3O2. The number of hydrogen-bond donors (Lipinski definition) is 2. The number of nitrogens with one attached hydrogen (secondary N) is 2. The van der Waals surface area contributed by atoms with E-state index in [-0.39, 0.29) is 11.8 Å². The number of carbonyl (C=O) groups is 2. The van der Waals surface area contributed by atoms with E-state index in [4.69, 9.17) is 0 Å². The van der Waals surface area contributed by atoms with Gasteiger partial charge in [0.2, 0.25) is 11.8 Å². The summed E-state index contributed by atoms with van der Waals surface area (Å²) in [5, 5.41) is 5.98. The second-order valence-electron chi connectivity index (χ2n) is 9.87. The highest BCUT2D eigenvalue weighted by molar-refractivity contribution is 5.78. The molecule has 190 valence electrons. The minimum atomic E-state index is 0.0474. The molecule has 0 atom stereocenters. The molecule has 0 heterocycles. The minimum Gasteiger partial charge on any atom is -0.356 e. The number of hydrogen-bond acceptors (Lipinski definition) is 3. The molecule has 0 aromatic heterocycles. The van der Waals surface area contributed by atoms with Gasteiger partial charge in [-0.05, 0) is 40.5 Å². The molecule has 0 unspecified atom stereocenters. The van der Waals surface area contributed by atoms with Crippen LogP contribution in [0.25, 0.3) is 0 Å². The first-order valence-electron chi connectivity index (χ1n) is 13.7. The Balaban J connectivity index is 3.47. The second-order valence-corrected chi connectivity index (χ2v) is 9.87. The van der Waals surface area contributed by atoms with Gasteiger partial charge >= 0.3 is 0 Å². The molecule has 0 saturated carbocycles. The van der Waals surface area contributed by atoms with Crippen LogP contribution in [0.5, 0.6) is 0 Å². The van der Waals surface area contributed by atoms with Crippen molar-refractivity contribution in [2.45, 2.75) is 143 Å². The van der Waals surface area contributed by atoms with Crippen molar-refractivity contribution in [1.82, 2.24) is 15.5 Å². The van der Waals surface area contributed by atoms with E-state index in [1.807, 2.05) is 0 Å². The van der Waals surface area contributed by atoms with Crippen molar-refractivity contribution in [1.29, 1.82) is 0 Å². The fraction of sp³-hybridized carbons (Fsp3) is 0.926. The molecule has 0 saturated heterocycles. The molecule has 0 aliphatic rings. The van der Waals surface area contributed by atoms with Crippen LogP contribution in [0.15, 0.2) is 0 Å². The van der Waals surface area contributed by atoms with E-state index in [1.54, 1.807) is 0 Å². The molecule has 2 N–H and O–H groups in total. The van der Waals surface area contributed by atoms with Gasteiger partial charge in [-0.2, -0.15) is 0 Å². The third-order valence-corrected chi connectivity index (χ3v) is 6.18. The Bertz CT molecular complexity index is 444. The van der Waals surface area contributed by atoms with Crippen LogP contribution in [-0.2, 0) is 9.59 Å². The van der Waals surface area contributed by atoms with Crippen molar-refractivity contribution < 1.29 is 9.59 Å². The summed E-state index contributed by atoms with van der Waals surface area (Å²) in [7, 11) is 0. The second kappa shape index (κ2) is 21.7. The largest absolute Gasteiger partial charge is 0.356 e. The van der Waals surface area contributed by atoms with Gasteiger partial charge in [0.15, 0.2) is 0 Å². The summed E-state index contributed by atoms with van der Waals surface area (Å²) in [5.41, 5.74) is 0. The smallest absolute Gasteiger partial charge is 0.220 e. The molecule has 2 amide bonds. The van der Waals surface area contributed by atoms with Gasteiger partial charge < -0.3 is 10.6 Å². The summed E-state index contributed by atoms with van der Waals surface area (Å²) in [6.45, 7) is 13.3. The zero-order valence-corrected chi connectivity index (χ0v) is 22.1. The molecule has 0 spiro atoms. The van der Waals surface area contributed by atoms with E-state index in [0.717, 1.165) is 19.5 Å². The van der Waals surface area contributed by atoms with Crippen molar-refractivity contribution in [3.8, 4) is 0 Å². The van der Waals surface area contributed by atoms with Gasteiger partial charge in [0.1, 0.15) is 0 Å². The van der Waals surface area contributed by atoms with Gasteiger partial charge in [0.25, 0.3) is 0 Å². The molecule has 32 heavy (non-hydrogen) atoms. The van der Waals surface area contributed by atoms with Gasteiger partial charge in [-0.15, -0.1) is 0 Å². The van der Waals surface area contributed by atoms with Crippen molar-refractivity contribution >= 4 is 11.8 Å². The van der Waals surface area contributed by atoms with Crippen molar-refractivity contribution in [2.75, 3.05) is 19.6 Å². The molecule has 5 nitrogen and oxygen atoms in total. The predicted octanol–water partition coefficient (Wildman–Crippen LogP) is 6.21. The minimum absolute atomic E-state index is 0.0474. The van der Waals surface area contributed by atoms with Crippen LogP contribution in [0.4, 0.5) is 0 Å². The number of carbonyl (C=O) groups excluding carboxylic acids is 2. The quantitative estimate of drug-likeness (QED) is 0.192. The molecule has 0 aromatic rings. The maximum absolute atomic E-state index is 12.0. The average molecular weight is 454 g/mol. The number of amides is 2. The topological polar surface area (TPSA) is 61.4 Å². The van der Waals surface area contributed by atoms with E-state index < -0.39 is 0 Å². The Morgan fingerprint density at radius 1 is 0.594 bits per heavy atom. The first-order chi connectivity index (χ1) is 15.4. The number of rotatable bonds is 22. The van der Waals surface area contributed by atoms with Crippen LogP contribution in [-0.4, -0.2) is 48.4 Å². The Morgan fingerprint density at radius 3 is 1.44 bits per heavy atom. The fourth-order valence-corrected chi connectivity index (χ4v) is 4.22. The Labute approximate surface area is 199 Å². The Kier molecular flexibility index (Phi) is 21.0. The van der Waals surface area contributed by atoms with Gasteiger partial charge in [0, 0.05) is 44.6 Å². The van der Waals surface area contributed by atoms with Crippen LogP contribution >= 0.6 is 0 Å². The molecule has 0 rings (SSSR count). The number of unbranched alkanes of at least 4 members (excludes halogenated alkanes) is 11. The molecule has 0 aliphatic carbocycles. The molecule has 0 aliphatic heterocycles. The zero-order valence-electron chi connectivity index (χ0n) is 22.1. The lowest BCUT2D eigenvalue weighted by molar-refractivity contribution is -0.122. The first-order valence-corrected chi connectivity index (χ1v) is 13.7. The standard InChI is InChI=1S/C27H55N3O2/c1-6-7-8-9-10-11-12-13-14-15-16-17-21-28-26(31)19-18-20-27(32)29-22-23-30(24(2)3)25(4)5/h24-25H,6-23H2,1-5H3,(H,28,31)(H,29,32). The highest BCUT2D eigenvalue weighted by Gasteiger charge is 2.13. The van der Waals surface area contributed by atoms with Gasteiger partial charge in [-0.1, -0.05) is 77.6 Å². The third-order valence-electron chi connectivity index (χ3n) is 6.18. The summed E-state index contributed by atoms with van der Waals surface area (Å²) < 4.78 is 0. The summed E-state index contributed by atoms with van der Waals surface area (Å²) in [4.78, 5) is 26.3. The maximum Gasteiger partial charge on any atom is 0.220 e. The molecular weight excluding hydrogens is 398 g/mol. The normalized spacial score (nSPS) is 11.5. The molecule has 0 radical (unpaired) electrons. The van der Waals surface area contributed by atoms with Crippen LogP contribution in [0.1, 0.15) is 131 Å². The average Bonchev–Trinajstić information content (AvgIpc) is 2.74. The highest BCUT2D eigenvalue weighted by Crippen LogP contribution is 2.11. The van der Waals surface area contributed by atoms with Gasteiger partial charge in [-0.25, -0.2) is 0 Å². The van der Waals surface area contributed by atoms with Crippen LogP contribution in [0.3, 0.4) is 0 Å². The lowest BCUT2D eigenvalue weighted by atomic mass is 10.1. The first kappa shape index (κ1) is 30.9. The van der Waals surface area contributed by atoms with E-state index in [1.165, 1.54) is 70.6 Å². The zero-order chi connectivity index (χ0) is 24.0. The Hall–Kier alpha value is -1.10. The van der Waals surface area contributed by atoms with E-state index >= 15 is 0 Å².